The van der Waals surface area contributed by atoms with Gasteiger partial charge in [-0.3, -0.25) is 14.4 Å². The average molecular weight is 528 g/mol. The molecule has 2 N–H and O–H groups in total. The summed E-state index contributed by atoms with van der Waals surface area (Å²) < 4.78 is 4.93. The number of esters is 1. The Kier molecular flexibility index (Phi) is 9.45. The van der Waals surface area contributed by atoms with Crippen molar-refractivity contribution in [3.63, 3.8) is 0 Å². The number of amides is 3. The number of hydrogen-bond donors (Lipinski definition) is 2. The molecule has 8 heteroatoms. The van der Waals surface area contributed by atoms with E-state index in [1.165, 1.54) is 7.11 Å². The van der Waals surface area contributed by atoms with Crippen molar-refractivity contribution in [2.24, 2.45) is 0 Å². The fourth-order valence-electron chi connectivity index (χ4n) is 4.71. The normalized spacial score (nSPS) is 16.0. The fourth-order valence-corrected chi connectivity index (χ4v) is 4.71. The molecule has 1 saturated heterocycles. The van der Waals surface area contributed by atoms with Gasteiger partial charge in [0.2, 0.25) is 17.7 Å². The third-order valence-electron chi connectivity index (χ3n) is 6.85. The van der Waals surface area contributed by atoms with Crippen molar-refractivity contribution in [3.8, 4) is 0 Å². The summed E-state index contributed by atoms with van der Waals surface area (Å²) in [4.78, 5) is 52.8. The highest BCUT2D eigenvalue weighted by Gasteiger charge is 2.37. The first kappa shape index (κ1) is 27.6. The molecule has 4 rings (SSSR count). The summed E-state index contributed by atoms with van der Waals surface area (Å²) in [6.07, 6.45) is 0.967. The zero-order chi connectivity index (χ0) is 27.6. The number of benzene rings is 3. The summed E-state index contributed by atoms with van der Waals surface area (Å²) in [5.74, 6) is -1.41. The molecular weight excluding hydrogens is 494 g/mol. The first-order chi connectivity index (χ1) is 18.9. The van der Waals surface area contributed by atoms with Crippen LogP contribution in [0.2, 0.25) is 0 Å². The van der Waals surface area contributed by atoms with E-state index >= 15 is 0 Å². The Labute approximate surface area is 228 Å². The molecule has 0 spiro atoms. The molecule has 3 amide bonds. The lowest BCUT2D eigenvalue weighted by atomic mass is 9.93. The molecule has 3 atom stereocenters. The second kappa shape index (κ2) is 13.4. The molecule has 1 heterocycles. The molecule has 0 radical (unpaired) electrons. The highest BCUT2D eigenvalue weighted by molar-refractivity contribution is 5.91. The number of rotatable bonds is 12. The van der Waals surface area contributed by atoms with Crippen molar-refractivity contribution >= 4 is 23.7 Å². The second-order valence-corrected chi connectivity index (χ2v) is 9.55. The van der Waals surface area contributed by atoms with Gasteiger partial charge in [-0.25, -0.2) is 4.79 Å². The predicted octanol–water partition coefficient (Wildman–Crippen LogP) is 2.98. The maximum Gasteiger partial charge on any atom is 0.328 e. The van der Waals surface area contributed by atoms with Crippen LogP contribution in [0.1, 0.15) is 35.6 Å². The minimum Gasteiger partial charge on any atom is -0.467 e. The van der Waals surface area contributed by atoms with Crippen LogP contribution in [0, 0.1) is 0 Å². The summed E-state index contributed by atoms with van der Waals surface area (Å²) >= 11 is 0. The number of nitrogens with one attached hydrogen (secondary N) is 2. The number of nitrogens with zero attached hydrogens (tertiary/aromatic N) is 1. The number of methoxy groups -OCH3 is 1. The van der Waals surface area contributed by atoms with Crippen LogP contribution in [0.4, 0.5) is 0 Å². The highest BCUT2D eigenvalue weighted by atomic mass is 16.5. The lowest BCUT2D eigenvalue weighted by Crippen LogP contribution is -2.54. The van der Waals surface area contributed by atoms with Gasteiger partial charge in [-0.2, -0.15) is 0 Å². The van der Waals surface area contributed by atoms with Crippen molar-refractivity contribution < 1.29 is 23.9 Å². The van der Waals surface area contributed by atoms with E-state index < -0.39 is 24.0 Å². The monoisotopic (exact) mass is 527 g/mol. The summed E-state index contributed by atoms with van der Waals surface area (Å²) in [7, 11) is 1.27. The van der Waals surface area contributed by atoms with Gasteiger partial charge in [0, 0.05) is 25.8 Å². The summed E-state index contributed by atoms with van der Waals surface area (Å²) in [5.41, 5.74) is 2.76. The van der Waals surface area contributed by atoms with Gasteiger partial charge in [-0.15, -0.1) is 0 Å². The average Bonchev–Trinajstić information content (AvgIpc) is 2.96. The first-order valence-corrected chi connectivity index (χ1v) is 13.0. The topological polar surface area (TPSA) is 105 Å². The van der Waals surface area contributed by atoms with Crippen molar-refractivity contribution in [3.05, 3.63) is 108 Å². The van der Waals surface area contributed by atoms with E-state index in [1.807, 2.05) is 91.0 Å². The number of likely N-dealkylation sites (tertiary alicyclic amines) is 1. The van der Waals surface area contributed by atoms with Crippen LogP contribution in [0.15, 0.2) is 91.0 Å². The minimum atomic E-state index is -0.917. The Bertz CT molecular complexity index is 1270. The first-order valence-electron chi connectivity index (χ1n) is 13.0. The second-order valence-electron chi connectivity index (χ2n) is 9.55. The SMILES string of the molecule is COC(=O)[C@H](Cc1ccccc1)NC(=O)[C@H](Cc1ccccc1)NC(=O)CCN1C(=O)CC1c1ccccc1. The van der Waals surface area contributed by atoms with Crippen molar-refractivity contribution in [2.75, 3.05) is 13.7 Å². The van der Waals surface area contributed by atoms with Crippen LogP contribution >= 0.6 is 0 Å². The van der Waals surface area contributed by atoms with E-state index in [9.17, 15) is 19.2 Å². The number of β-lactam (4-membered cyclic amide) rings is 1. The Balaban J connectivity index is 1.42. The van der Waals surface area contributed by atoms with Gasteiger partial charge in [-0.05, 0) is 16.7 Å². The minimum absolute atomic E-state index is 0.00272. The summed E-state index contributed by atoms with van der Waals surface area (Å²) in [6.45, 7) is 0.253. The van der Waals surface area contributed by atoms with Crippen LogP contribution in [0.25, 0.3) is 0 Å². The van der Waals surface area contributed by atoms with Gasteiger partial charge in [0.05, 0.1) is 19.6 Å². The zero-order valence-electron chi connectivity index (χ0n) is 21.9. The molecule has 1 fully saturated rings. The molecule has 1 aliphatic rings. The molecule has 3 aromatic carbocycles. The van der Waals surface area contributed by atoms with E-state index in [2.05, 4.69) is 10.6 Å². The Hall–Kier alpha value is -4.46. The lowest BCUT2D eigenvalue weighted by Gasteiger charge is -2.40. The van der Waals surface area contributed by atoms with Crippen LogP contribution in [-0.2, 0) is 36.8 Å². The molecule has 8 nitrogen and oxygen atoms in total. The Morgan fingerprint density at radius 2 is 1.36 bits per heavy atom. The third kappa shape index (κ3) is 7.54. The van der Waals surface area contributed by atoms with E-state index in [1.54, 1.807) is 4.90 Å². The molecule has 1 unspecified atom stereocenters. The fraction of sp³-hybridized carbons (Fsp3) is 0.290. The van der Waals surface area contributed by atoms with Crippen LogP contribution in [-0.4, -0.2) is 54.3 Å². The van der Waals surface area contributed by atoms with E-state index in [0.717, 1.165) is 16.7 Å². The Morgan fingerprint density at radius 3 is 1.90 bits per heavy atom. The maximum absolute atomic E-state index is 13.4. The smallest absolute Gasteiger partial charge is 0.328 e. The molecule has 0 bridgehead atoms. The molecular formula is C31H33N3O5. The standard InChI is InChI=1S/C31H33N3O5/c1-39-31(38)26(20-23-13-7-3-8-14-23)33-30(37)25(19-22-11-5-2-6-12-22)32-28(35)17-18-34-27(21-29(34)36)24-15-9-4-10-16-24/h2-16,25-27H,17-21H2,1H3,(H,32,35)(H,33,37)/t25-,26-,27?/m0/s1. The van der Waals surface area contributed by atoms with Gasteiger partial charge in [0.15, 0.2) is 0 Å². The van der Waals surface area contributed by atoms with Gasteiger partial charge in [0.1, 0.15) is 12.1 Å². The number of hydrogen-bond acceptors (Lipinski definition) is 5. The van der Waals surface area contributed by atoms with Gasteiger partial charge in [-0.1, -0.05) is 91.0 Å². The molecule has 202 valence electrons. The molecule has 1 aliphatic heterocycles. The van der Waals surface area contributed by atoms with Crippen molar-refractivity contribution in [1.82, 2.24) is 15.5 Å². The predicted molar refractivity (Wildman–Crippen MR) is 146 cm³/mol. The summed E-state index contributed by atoms with van der Waals surface area (Å²) in [6, 6.07) is 26.5. The molecule has 3 aromatic rings. The van der Waals surface area contributed by atoms with Crippen LogP contribution < -0.4 is 10.6 Å². The van der Waals surface area contributed by atoms with E-state index in [4.69, 9.17) is 4.74 Å². The Morgan fingerprint density at radius 1 is 0.821 bits per heavy atom. The number of ether oxygens (including phenoxy) is 1. The molecule has 0 saturated carbocycles. The maximum atomic E-state index is 13.4. The lowest BCUT2D eigenvalue weighted by molar-refractivity contribution is -0.147. The van der Waals surface area contributed by atoms with Gasteiger partial charge < -0.3 is 20.3 Å². The van der Waals surface area contributed by atoms with Crippen molar-refractivity contribution in [2.45, 2.75) is 43.8 Å². The van der Waals surface area contributed by atoms with Gasteiger partial charge >= 0.3 is 5.97 Å². The van der Waals surface area contributed by atoms with Crippen LogP contribution in [0.3, 0.4) is 0 Å². The largest absolute Gasteiger partial charge is 0.467 e. The number of carbonyl (C=O) groups is 4. The van der Waals surface area contributed by atoms with Crippen molar-refractivity contribution in [1.29, 1.82) is 0 Å². The van der Waals surface area contributed by atoms with Crippen LogP contribution in [0.5, 0.6) is 0 Å². The zero-order valence-corrected chi connectivity index (χ0v) is 21.9. The highest BCUT2D eigenvalue weighted by Crippen LogP contribution is 2.34. The summed E-state index contributed by atoms with van der Waals surface area (Å²) in [5, 5.41) is 5.60. The number of carbonyl (C=O) groups excluding carboxylic acids is 4. The van der Waals surface area contributed by atoms with Gasteiger partial charge in [0.25, 0.3) is 0 Å². The molecule has 39 heavy (non-hydrogen) atoms. The molecule has 0 aliphatic carbocycles. The van der Waals surface area contributed by atoms with E-state index in [-0.39, 0.29) is 43.7 Å². The third-order valence-corrected chi connectivity index (χ3v) is 6.85. The quantitative estimate of drug-likeness (QED) is 0.278. The van der Waals surface area contributed by atoms with E-state index in [0.29, 0.717) is 6.42 Å². The molecule has 0 aromatic heterocycles.